The van der Waals surface area contributed by atoms with Crippen LogP contribution in [0.15, 0.2) is 105 Å². The molecule has 0 atom stereocenters. The second-order valence-corrected chi connectivity index (χ2v) is 9.17. The van der Waals surface area contributed by atoms with Gasteiger partial charge in [0.25, 0.3) is 0 Å². The van der Waals surface area contributed by atoms with Crippen molar-refractivity contribution in [2.45, 2.75) is 80.6 Å². The molecule has 0 fully saturated rings. The predicted molar refractivity (Wildman–Crippen MR) is 178 cm³/mol. The minimum absolute atomic E-state index is 0.133. The van der Waals surface area contributed by atoms with Gasteiger partial charge in [0.05, 0.1) is 0 Å². The van der Waals surface area contributed by atoms with E-state index in [1.54, 1.807) is 12.2 Å². The number of benzene rings is 3. The molecule has 1 aliphatic carbocycles. The van der Waals surface area contributed by atoms with Crippen molar-refractivity contribution >= 4 is 16.9 Å². The Morgan fingerprint density at radius 1 is 0.795 bits per heavy atom. The van der Waals surface area contributed by atoms with Gasteiger partial charge < -0.3 is 5.11 Å². The second-order valence-electron chi connectivity index (χ2n) is 9.17. The first-order valence-corrected chi connectivity index (χ1v) is 14.4. The maximum absolute atomic E-state index is 9.64. The lowest BCUT2D eigenvalue weighted by Gasteiger charge is -2.13. The summed E-state index contributed by atoms with van der Waals surface area (Å²) in [7, 11) is 0. The second kappa shape index (κ2) is 21.4. The van der Waals surface area contributed by atoms with Crippen LogP contribution in [0.3, 0.4) is 0 Å². The molecule has 0 spiro atoms. The van der Waals surface area contributed by atoms with Gasteiger partial charge in [-0.15, -0.1) is 0 Å². The molecule has 0 aromatic heterocycles. The summed E-state index contributed by atoms with van der Waals surface area (Å²) < 4.78 is 0. The van der Waals surface area contributed by atoms with Gasteiger partial charge in [-0.2, -0.15) is 0 Å². The molecule has 0 saturated heterocycles. The Labute approximate surface area is 240 Å². The summed E-state index contributed by atoms with van der Waals surface area (Å²) in [4.78, 5) is 0. The average molecular weight is 525 g/mol. The molecule has 1 nitrogen and oxygen atoms in total. The first-order valence-electron chi connectivity index (χ1n) is 14.4. The molecule has 4 rings (SSSR count). The lowest BCUT2D eigenvalue weighted by Crippen LogP contribution is -1.92. The van der Waals surface area contributed by atoms with Crippen LogP contribution in [0.4, 0.5) is 0 Å². The minimum Gasteiger partial charge on any atom is -0.508 e. The van der Waals surface area contributed by atoms with Crippen LogP contribution >= 0.6 is 0 Å². The summed E-state index contributed by atoms with van der Waals surface area (Å²) in [6.45, 7) is 25.1. The molecule has 1 aliphatic rings. The van der Waals surface area contributed by atoms with Crippen molar-refractivity contribution < 1.29 is 5.11 Å². The molecule has 0 aliphatic heterocycles. The van der Waals surface area contributed by atoms with Gasteiger partial charge in [0.15, 0.2) is 0 Å². The van der Waals surface area contributed by atoms with E-state index in [2.05, 4.69) is 103 Å². The Morgan fingerprint density at radius 3 is 1.90 bits per heavy atom. The van der Waals surface area contributed by atoms with Crippen LogP contribution < -0.4 is 0 Å². The van der Waals surface area contributed by atoms with Gasteiger partial charge in [-0.1, -0.05) is 145 Å². The van der Waals surface area contributed by atoms with Crippen molar-refractivity contribution in [3.8, 4) is 0 Å². The molecule has 0 heterocycles. The van der Waals surface area contributed by atoms with Crippen LogP contribution in [0.25, 0.3) is 16.9 Å². The number of hydrogen-bond donors (Lipinski definition) is 1. The topological polar surface area (TPSA) is 20.2 Å². The zero-order valence-corrected chi connectivity index (χ0v) is 25.7. The molecule has 3 aromatic carbocycles. The van der Waals surface area contributed by atoms with Gasteiger partial charge in [0.2, 0.25) is 0 Å². The third-order valence-electron chi connectivity index (χ3n) is 5.90. The maximum Gasteiger partial charge on any atom is 0.115 e. The van der Waals surface area contributed by atoms with E-state index >= 15 is 0 Å². The average Bonchev–Trinajstić information content (AvgIpc) is 3.47. The standard InChI is InChI=1S/C21H22O.C8H10.C4H6.C3H8.C2H6/c1-14-10-11-15(2)21(12-14)20-9-5-8-19(20)18-7-4-6-17(13-18)16(3)22;1-2-8-6-4-3-5-7-8;1-3-4-2;1-3-2;1-2/h4,6-7,10-13,22H,3,5,8-9H2,1-2H3;3-7H,2H2,1H3;3-4H,1-2H2;3H2,1-2H3;1-2H3. The lowest BCUT2D eigenvalue weighted by atomic mass is 9.92. The zero-order valence-electron chi connectivity index (χ0n) is 25.7. The highest BCUT2D eigenvalue weighted by Crippen LogP contribution is 2.41. The van der Waals surface area contributed by atoms with Crippen LogP contribution in [-0.4, -0.2) is 5.11 Å². The minimum atomic E-state index is 0.133. The number of aliphatic hydroxyl groups is 1. The fourth-order valence-corrected chi connectivity index (χ4v) is 4.02. The van der Waals surface area contributed by atoms with Crippen molar-refractivity contribution in [1.29, 1.82) is 0 Å². The van der Waals surface area contributed by atoms with Crippen LogP contribution in [0.2, 0.25) is 0 Å². The van der Waals surface area contributed by atoms with Gasteiger partial charge in [-0.25, -0.2) is 0 Å². The van der Waals surface area contributed by atoms with Crippen LogP contribution in [-0.2, 0) is 6.42 Å². The number of hydrogen-bond acceptors (Lipinski definition) is 1. The smallest absolute Gasteiger partial charge is 0.115 e. The van der Waals surface area contributed by atoms with Gasteiger partial charge in [0, 0.05) is 5.56 Å². The van der Waals surface area contributed by atoms with Crippen molar-refractivity contribution in [2.24, 2.45) is 0 Å². The number of aliphatic hydroxyl groups excluding tert-OH is 1. The number of allylic oxidation sites excluding steroid dienone is 4. The molecule has 0 amide bonds. The van der Waals surface area contributed by atoms with E-state index in [0.717, 1.165) is 24.8 Å². The van der Waals surface area contributed by atoms with Gasteiger partial charge in [-0.05, 0) is 79.0 Å². The third kappa shape index (κ3) is 13.2. The third-order valence-corrected chi connectivity index (χ3v) is 5.90. The lowest BCUT2D eigenvalue weighted by molar-refractivity contribution is 0.514. The molecule has 0 saturated carbocycles. The van der Waals surface area contributed by atoms with Gasteiger partial charge >= 0.3 is 0 Å². The molecule has 1 N–H and O–H groups in total. The van der Waals surface area contributed by atoms with Crippen molar-refractivity contribution in [3.63, 3.8) is 0 Å². The normalized spacial score (nSPS) is 11.2. The van der Waals surface area contributed by atoms with E-state index in [0.29, 0.717) is 0 Å². The molecule has 210 valence electrons. The summed E-state index contributed by atoms with van der Waals surface area (Å²) >= 11 is 0. The van der Waals surface area contributed by atoms with E-state index in [1.165, 1.54) is 51.8 Å². The summed E-state index contributed by atoms with van der Waals surface area (Å²) in [6, 6.07) is 25.2. The molecular weight excluding hydrogens is 472 g/mol. The number of rotatable bonds is 5. The Bertz CT molecular complexity index is 1140. The Morgan fingerprint density at radius 2 is 1.38 bits per heavy atom. The van der Waals surface area contributed by atoms with E-state index in [-0.39, 0.29) is 5.76 Å². The highest BCUT2D eigenvalue weighted by molar-refractivity contribution is 5.94. The summed E-state index contributed by atoms with van der Waals surface area (Å²) in [5, 5.41) is 9.64. The fourth-order valence-electron chi connectivity index (χ4n) is 4.02. The van der Waals surface area contributed by atoms with E-state index in [4.69, 9.17) is 0 Å². The first-order chi connectivity index (χ1) is 18.8. The molecule has 1 heteroatoms. The highest BCUT2D eigenvalue weighted by atomic mass is 16.3. The molecule has 0 bridgehead atoms. The summed E-state index contributed by atoms with van der Waals surface area (Å²) in [6.07, 6.45) is 9.09. The van der Waals surface area contributed by atoms with Crippen molar-refractivity contribution in [1.82, 2.24) is 0 Å². The maximum atomic E-state index is 9.64. The van der Waals surface area contributed by atoms with Crippen LogP contribution in [0.1, 0.15) is 93.7 Å². The van der Waals surface area contributed by atoms with Crippen LogP contribution in [0, 0.1) is 13.8 Å². The van der Waals surface area contributed by atoms with Crippen molar-refractivity contribution in [3.05, 3.63) is 138 Å². The Kier molecular flexibility index (Phi) is 19.4. The quantitative estimate of drug-likeness (QED) is 0.260. The first kappa shape index (κ1) is 35.4. The zero-order chi connectivity index (χ0) is 29.6. The largest absolute Gasteiger partial charge is 0.508 e. The highest BCUT2D eigenvalue weighted by Gasteiger charge is 2.19. The number of aryl methyl sites for hydroxylation is 3. The summed E-state index contributed by atoms with van der Waals surface area (Å²) in [5.74, 6) is 0.133. The SMILES string of the molecule is C=C(O)c1cccc(C2=C(c3cc(C)ccc3C)CCC2)c1.C=CC=C.CC.CCC.CCc1ccccc1. The van der Waals surface area contributed by atoms with E-state index in [1.807, 2.05) is 38.1 Å². The molecule has 0 radical (unpaired) electrons. The molecule has 3 aromatic rings. The molecule has 0 unspecified atom stereocenters. The fraction of sp³-hybridized carbons (Fsp3) is 0.316. The Balaban J connectivity index is 0.000000698. The predicted octanol–water partition coefficient (Wildman–Crippen LogP) is 12.0. The molecular formula is C38H52O. The molecule has 39 heavy (non-hydrogen) atoms. The van der Waals surface area contributed by atoms with Gasteiger partial charge in [0.1, 0.15) is 5.76 Å². The van der Waals surface area contributed by atoms with Gasteiger partial charge in [-0.3, -0.25) is 0 Å². The van der Waals surface area contributed by atoms with E-state index in [9.17, 15) is 5.11 Å². The van der Waals surface area contributed by atoms with E-state index < -0.39 is 0 Å². The van der Waals surface area contributed by atoms with Crippen LogP contribution in [0.5, 0.6) is 0 Å². The summed E-state index contributed by atoms with van der Waals surface area (Å²) in [5.41, 5.74) is 10.3. The Hall–Kier alpha value is -3.58. The monoisotopic (exact) mass is 524 g/mol. The van der Waals surface area contributed by atoms with Crippen molar-refractivity contribution in [2.75, 3.05) is 0 Å².